The summed E-state index contributed by atoms with van der Waals surface area (Å²) >= 11 is 6.27. The third kappa shape index (κ3) is 4.30. The van der Waals surface area contributed by atoms with E-state index in [1.165, 1.54) is 27.8 Å². The molecule has 0 spiro atoms. The Bertz CT molecular complexity index is 903. The summed E-state index contributed by atoms with van der Waals surface area (Å²) in [5.41, 5.74) is 7.46. The van der Waals surface area contributed by atoms with E-state index in [4.69, 9.17) is 21.3 Å². The van der Waals surface area contributed by atoms with E-state index in [2.05, 4.69) is 18.2 Å². The molecule has 0 N–H and O–H groups in total. The van der Waals surface area contributed by atoms with E-state index in [1.807, 2.05) is 25.3 Å². The van der Waals surface area contributed by atoms with Gasteiger partial charge in [-0.05, 0) is 67.5 Å². The molecule has 6 heteroatoms. The van der Waals surface area contributed by atoms with E-state index in [0.29, 0.717) is 19.7 Å². The molecule has 1 aliphatic carbocycles. The summed E-state index contributed by atoms with van der Waals surface area (Å²) in [4.78, 5) is 18.6. The van der Waals surface area contributed by atoms with Crippen molar-refractivity contribution in [1.82, 2.24) is 9.88 Å². The average molecular weight is 407 g/mol. The van der Waals surface area contributed by atoms with Crippen LogP contribution >= 0.6 is 11.6 Å². The van der Waals surface area contributed by atoms with Gasteiger partial charge in [-0.15, -0.1) is 0 Å². The van der Waals surface area contributed by atoms with Gasteiger partial charge >= 0.3 is 35.7 Å². The van der Waals surface area contributed by atoms with Crippen LogP contribution in [0.25, 0.3) is 5.57 Å². The van der Waals surface area contributed by atoms with Crippen LogP contribution in [0.15, 0.2) is 42.1 Å². The first-order valence-electron chi connectivity index (χ1n) is 9.54. The molecule has 1 fully saturated rings. The molecule has 0 radical (unpaired) electrons. The molecule has 28 heavy (non-hydrogen) atoms. The number of benzene rings is 1. The fraction of sp³-hybridized carbons (Fsp3) is 0.364. The zero-order valence-corrected chi connectivity index (χ0v) is 16.3. The zero-order chi connectivity index (χ0) is 18.8. The minimum atomic E-state index is -0.215. The van der Waals surface area contributed by atoms with E-state index in [1.54, 1.807) is 4.90 Å². The predicted molar refractivity (Wildman–Crippen MR) is 114 cm³/mol. The van der Waals surface area contributed by atoms with Crippen molar-refractivity contribution in [2.24, 2.45) is 0 Å². The van der Waals surface area contributed by atoms with Crippen molar-refractivity contribution in [3.63, 3.8) is 0 Å². The van der Waals surface area contributed by atoms with E-state index < -0.39 is 0 Å². The molecule has 0 bridgehead atoms. The Morgan fingerprint density at radius 2 is 1.89 bits per heavy atom. The molecule has 1 aromatic carbocycles. The summed E-state index contributed by atoms with van der Waals surface area (Å²) in [7, 11) is 0. The van der Waals surface area contributed by atoms with Gasteiger partial charge in [0.05, 0.1) is 12.3 Å². The zero-order valence-electron chi connectivity index (χ0n) is 15.5. The van der Waals surface area contributed by atoms with Gasteiger partial charge in [0, 0.05) is 29.9 Å². The topological polar surface area (TPSA) is 42.4 Å². The molecular formula is C22H24ClN2NaO2. The van der Waals surface area contributed by atoms with Crippen molar-refractivity contribution in [3.05, 3.63) is 69.5 Å². The van der Waals surface area contributed by atoms with Gasteiger partial charge in [0.2, 0.25) is 0 Å². The minimum absolute atomic E-state index is 0. The SMILES string of the molecule is CCOC(=O)N1CCC(=C2c3ccc(Cl)cc3CCc3cccnc32)CC1.[NaH]. The number of rotatable bonds is 1. The third-order valence-electron chi connectivity index (χ3n) is 5.37. The van der Waals surface area contributed by atoms with Gasteiger partial charge in [0.15, 0.2) is 0 Å². The quantitative estimate of drug-likeness (QED) is 0.665. The number of carbonyl (C=O) groups is 1. The fourth-order valence-corrected chi connectivity index (χ4v) is 4.25. The van der Waals surface area contributed by atoms with Gasteiger partial charge in [0.25, 0.3) is 0 Å². The first-order chi connectivity index (χ1) is 13.2. The molecule has 1 aliphatic heterocycles. The van der Waals surface area contributed by atoms with Crippen molar-refractivity contribution < 1.29 is 9.53 Å². The number of aromatic nitrogens is 1. The van der Waals surface area contributed by atoms with E-state index >= 15 is 0 Å². The number of hydrogen-bond donors (Lipinski definition) is 0. The Morgan fingerprint density at radius 1 is 1.14 bits per heavy atom. The fourth-order valence-electron chi connectivity index (χ4n) is 4.06. The average Bonchev–Trinajstić information content (AvgIpc) is 2.85. The van der Waals surface area contributed by atoms with Gasteiger partial charge in [-0.1, -0.05) is 29.3 Å². The molecule has 2 aliphatic rings. The number of nitrogens with zero attached hydrogens (tertiary/aromatic N) is 2. The second kappa shape index (κ2) is 9.45. The molecule has 1 aromatic heterocycles. The molecule has 0 unspecified atom stereocenters. The number of carbonyl (C=O) groups excluding carboxylic acids is 1. The van der Waals surface area contributed by atoms with Crippen LogP contribution in [-0.2, 0) is 17.6 Å². The number of amides is 1. The summed E-state index contributed by atoms with van der Waals surface area (Å²) in [6.07, 6.45) is 5.25. The molecule has 2 aromatic rings. The van der Waals surface area contributed by atoms with Crippen molar-refractivity contribution in [1.29, 1.82) is 0 Å². The summed E-state index contributed by atoms with van der Waals surface area (Å²) in [6, 6.07) is 10.3. The van der Waals surface area contributed by atoms with Crippen LogP contribution in [0, 0.1) is 0 Å². The van der Waals surface area contributed by atoms with Crippen LogP contribution in [0.5, 0.6) is 0 Å². The molecule has 142 valence electrons. The number of fused-ring (bicyclic) bond motifs is 2. The Kier molecular flexibility index (Phi) is 7.21. The van der Waals surface area contributed by atoms with E-state index in [9.17, 15) is 4.79 Å². The van der Waals surface area contributed by atoms with Crippen molar-refractivity contribution in [3.8, 4) is 0 Å². The Labute approximate surface area is 193 Å². The van der Waals surface area contributed by atoms with Gasteiger partial charge < -0.3 is 9.64 Å². The van der Waals surface area contributed by atoms with Crippen molar-refractivity contribution in [2.75, 3.05) is 19.7 Å². The monoisotopic (exact) mass is 406 g/mol. The first kappa shape index (κ1) is 21.4. The number of ether oxygens (including phenoxy) is 1. The maximum absolute atomic E-state index is 12.0. The normalized spacial score (nSPS) is 15.9. The van der Waals surface area contributed by atoms with Crippen LogP contribution in [0.2, 0.25) is 5.02 Å². The molecule has 4 nitrogen and oxygen atoms in total. The number of hydrogen-bond acceptors (Lipinski definition) is 3. The summed E-state index contributed by atoms with van der Waals surface area (Å²) in [5, 5.41) is 0.772. The molecule has 2 heterocycles. The van der Waals surface area contributed by atoms with Gasteiger partial charge in [0.1, 0.15) is 0 Å². The van der Waals surface area contributed by atoms with Crippen LogP contribution in [-0.4, -0.2) is 65.2 Å². The predicted octanol–water partition coefficient (Wildman–Crippen LogP) is 4.24. The van der Waals surface area contributed by atoms with Crippen LogP contribution in [0.3, 0.4) is 0 Å². The Hall–Kier alpha value is -1.33. The molecule has 4 rings (SSSR count). The standard InChI is InChI=1S/C22H23ClN2O2.Na.H/c1-2-27-22(26)25-12-9-15(10-13-25)20-19-8-7-18(23)14-17(19)6-5-16-4-3-11-24-21(16)20;;/h3-4,7-8,11,14H,2,5-6,9-10,12-13H2,1H3;;. The first-order valence-corrected chi connectivity index (χ1v) is 9.92. The number of aryl methyl sites for hydroxylation is 2. The van der Waals surface area contributed by atoms with Gasteiger partial charge in [-0.25, -0.2) is 4.79 Å². The molecule has 1 amide bonds. The number of halogens is 1. The molecule has 1 saturated heterocycles. The van der Waals surface area contributed by atoms with Gasteiger partial charge in [-0.2, -0.15) is 0 Å². The van der Waals surface area contributed by atoms with Crippen LogP contribution in [0.4, 0.5) is 4.79 Å². The summed E-state index contributed by atoms with van der Waals surface area (Å²) in [5.74, 6) is 0. The number of piperidine rings is 1. The Morgan fingerprint density at radius 3 is 2.64 bits per heavy atom. The van der Waals surface area contributed by atoms with Gasteiger partial charge in [-0.3, -0.25) is 4.98 Å². The maximum atomic E-state index is 12.0. The molecular weight excluding hydrogens is 383 g/mol. The van der Waals surface area contributed by atoms with Crippen molar-refractivity contribution >= 4 is 52.8 Å². The third-order valence-corrected chi connectivity index (χ3v) is 5.61. The summed E-state index contributed by atoms with van der Waals surface area (Å²) < 4.78 is 5.15. The van der Waals surface area contributed by atoms with Crippen molar-refractivity contribution in [2.45, 2.75) is 32.6 Å². The molecule has 0 saturated carbocycles. The number of likely N-dealkylation sites (tertiary alicyclic amines) is 1. The van der Waals surface area contributed by atoms with Crippen LogP contribution in [0.1, 0.15) is 42.1 Å². The van der Waals surface area contributed by atoms with Crippen LogP contribution < -0.4 is 0 Å². The second-order valence-corrected chi connectivity index (χ2v) is 7.41. The Balaban J connectivity index is 0.00000225. The number of pyridine rings is 1. The van der Waals surface area contributed by atoms with E-state index in [-0.39, 0.29) is 35.7 Å². The summed E-state index contributed by atoms with van der Waals surface area (Å²) in [6.45, 7) is 3.62. The molecule has 0 atom stereocenters. The second-order valence-electron chi connectivity index (χ2n) is 6.98. The van der Waals surface area contributed by atoms with E-state index in [0.717, 1.165) is 36.4 Å².